The molecule has 1 aromatic carbocycles. The third kappa shape index (κ3) is 3.14. The first-order chi connectivity index (χ1) is 8.47. The molecule has 0 aromatic heterocycles. The molecule has 2 rings (SSSR count). The topological polar surface area (TPSA) is 23.5 Å². The van der Waals surface area contributed by atoms with Crippen LogP contribution < -0.4 is 4.90 Å². The quantitative estimate of drug-likeness (QED) is 0.896. The molecule has 2 nitrogen and oxygen atoms in total. The molecule has 1 N–H and O–H groups in total. The van der Waals surface area contributed by atoms with E-state index in [1.807, 2.05) is 30.0 Å². The van der Waals surface area contributed by atoms with E-state index >= 15 is 0 Å². The van der Waals surface area contributed by atoms with Crippen molar-refractivity contribution in [2.45, 2.75) is 37.4 Å². The van der Waals surface area contributed by atoms with Crippen LogP contribution in [0.2, 0.25) is 5.02 Å². The first kappa shape index (κ1) is 14.0. The predicted octanol–water partition coefficient (Wildman–Crippen LogP) is 3.72. The highest BCUT2D eigenvalue weighted by atomic mass is 35.5. The summed E-state index contributed by atoms with van der Waals surface area (Å²) < 4.78 is 0. The molecule has 0 radical (unpaired) electrons. The first-order valence-corrected chi connectivity index (χ1v) is 7.67. The number of anilines is 1. The Kier molecular flexibility index (Phi) is 4.46. The van der Waals surface area contributed by atoms with Crippen LogP contribution in [0.3, 0.4) is 0 Å². The number of nitrogens with zero attached hydrogens (tertiary/aromatic N) is 1. The Bertz CT molecular complexity index is 414. The lowest BCUT2D eigenvalue weighted by Crippen LogP contribution is -2.40. The third-order valence-corrected chi connectivity index (χ3v) is 4.74. The number of hydrogen-bond acceptors (Lipinski definition) is 3. The fourth-order valence-corrected chi connectivity index (χ4v) is 4.05. The van der Waals surface area contributed by atoms with Gasteiger partial charge in [0, 0.05) is 23.6 Å². The van der Waals surface area contributed by atoms with Gasteiger partial charge in [-0.25, -0.2) is 0 Å². The smallest absolute Gasteiger partial charge is 0.0762 e. The van der Waals surface area contributed by atoms with Gasteiger partial charge in [0.15, 0.2) is 0 Å². The van der Waals surface area contributed by atoms with E-state index in [-0.39, 0.29) is 0 Å². The minimum absolute atomic E-state index is 0.466. The zero-order chi connectivity index (χ0) is 13.3. The third-order valence-electron chi connectivity index (χ3n) is 3.21. The van der Waals surface area contributed by atoms with Crippen molar-refractivity contribution in [3.05, 3.63) is 28.8 Å². The van der Waals surface area contributed by atoms with Crippen molar-refractivity contribution in [3.8, 4) is 0 Å². The number of benzene rings is 1. The molecule has 0 amide bonds. The van der Waals surface area contributed by atoms with Crippen LogP contribution >= 0.6 is 23.4 Å². The van der Waals surface area contributed by atoms with Crippen molar-refractivity contribution in [2.75, 3.05) is 18.0 Å². The Morgan fingerprint density at radius 3 is 2.44 bits per heavy atom. The molecule has 0 spiro atoms. The number of rotatable bonds is 2. The number of aliphatic hydroxyl groups excluding tert-OH is 1. The summed E-state index contributed by atoms with van der Waals surface area (Å²) >= 11 is 8.37. The van der Waals surface area contributed by atoms with Crippen LogP contribution in [0.25, 0.3) is 0 Å². The van der Waals surface area contributed by atoms with Gasteiger partial charge < -0.3 is 10.0 Å². The van der Waals surface area contributed by atoms with Crippen LogP contribution in [0.5, 0.6) is 0 Å². The molecule has 2 unspecified atom stereocenters. The standard InChI is InChI=1S/C14H20ClNOS/c1-9-7-16(8-10(2)18-9)14-5-4-12(11(3)17)6-13(14)15/h4-6,9-11,17H,7-8H2,1-3H3/t9?,10?,11-/m1/s1. The summed E-state index contributed by atoms with van der Waals surface area (Å²) in [6.07, 6.45) is -0.466. The summed E-state index contributed by atoms with van der Waals surface area (Å²) in [5.41, 5.74) is 1.95. The normalized spacial score (nSPS) is 26.2. The summed E-state index contributed by atoms with van der Waals surface area (Å²) in [7, 11) is 0. The van der Waals surface area contributed by atoms with Gasteiger partial charge in [-0.05, 0) is 24.6 Å². The molecule has 18 heavy (non-hydrogen) atoms. The molecule has 4 heteroatoms. The molecular formula is C14H20ClNOS. The molecule has 0 saturated carbocycles. The van der Waals surface area contributed by atoms with Crippen molar-refractivity contribution < 1.29 is 5.11 Å². The van der Waals surface area contributed by atoms with Gasteiger partial charge in [0.25, 0.3) is 0 Å². The number of hydrogen-bond donors (Lipinski definition) is 1. The lowest BCUT2D eigenvalue weighted by Gasteiger charge is -2.36. The number of thioether (sulfide) groups is 1. The second kappa shape index (κ2) is 5.72. The lowest BCUT2D eigenvalue weighted by atomic mass is 10.1. The molecule has 0 bridgehead atoms. The summed E-state index contributed by atoms with van der Waals surface area (Å²) in [6.45, 7) is 8.33. The maximum atomic E-state index is 9.56. The molecule has 1 aliphatic rings. The Balaban J connectivity index is 2.22. The van der Waals surface area contributed by atoms with Crippen molar-refractivity contribution in [1.29, 1.82) is 0 Å². The average Bonchev–Trinajstić information content (AvgIpc) is 2.27. The fourth-order valence-electron chi connectivity index (χ4n) is 2.41. The molecule has 1 saturated heterocycles. The monoisotopic (exact) mass is 285 g/mol. The summed E-state index contributed by atoms with van der Waals surface area (Å²) in [4.78, 5) is 2.35. The summed E-state index contributed by atoms with van der Waals surface area (Å²) in [5, 5.41) is 11.5. The van der Waals surface area contributed by atoms with E-state index in [0.29, 0.717) is 10.5 Å². The molecule has 0 aliphatic carbocycles. The molecule has 1 heterocycles. The zero-order valence-corrected chi connectivity index (χ0v) is 12.6. The van der Waals surface area contributed by atoms with E-state index in [0.717, 1.165) is 29.4 Å². The van der Waals surface area contributed by atoms with Crippen LogP contribution in [0.4, 0.5) is 5.69 Å². The minimum atomic E-state index is -0.466. The Morgan fingerprint density at radius 1 is 1.33 bits per heavy atom. The van der Waals surface area contributed by atoms with E-state index in [1.54, 1.807) is 6.92 Å². The van der Waals surface area contributed by atoms with Crippen LogP contribution in [0, 0.1) is 0 Å². The van der Waals surface area contributed by atoms with Crippen LogP contribution in [0.1, 0.15) is 32.4 Å². The maximum Gasteiger partial charge on any atom is 0.0762 e. The molecule has 1 aliphatic heterocycles. The van der Waals surface area contributed by atoms with Crippen LogP contribution in [0.15, 0.2) is 18.2 Å². The van der Waals surface area contributed by atoms with Gasteiger partial charge in [-0.1, -0.05) is 31.5 Å². The average molecular weight is 286 g/mol. The summed E-state index contributed by atoms with van der Waals surface area (Å²) in [6, 6.07) is 5.86. The zero-order valence-electron chi connectivity index (χ0n) is 11.1. The maximum absolute atomic E-state index is 9.56. The lowest BCUT2D eigenvalue weighted by molar-refractivity contribution is 0.199. The minimum Gasteiger partial charge on any atom is -0.389 e. The van der Waals surface area contributed by atoms with Gasteiger partial charge in [0.05, 0.1) is 16.8 Å². The van der Waals surface area contributed by atoms with E-state index < -0.39 is 6.10 Å². The highest BCUT2D eigenvalue weighted by Crippen LogP contribution is 2.34. The molecule has 3 atom stereocenters. The van der Waals surface area contributed by atoms with E-state index in [4.69, 9.17) is 11.6 Å². The van der Waals surface area contributed by atoms with E-state index in [9.17, 15) is 5.11 Å². The van der Waals surface area contributed by atoms with Gasteiger partial charge in [-0.3, -0.25) is 0 Å². The SMILES string of the molecule is CC1CN(c2ccc([C@@H](C)O)cc2Cl)CC(C)S1. The predicted molar refractivity (Wildman–Crippen MR) is 80.8 cm³/mol. The van der Waals surface area contributed by atoms with E-state index in [1.165, 1.54) is 0 Å². The summed E-state index contributed by atoms with van der Waals surface area (Å²) in [5.74, 6) is 0. The van der Waals surface area contributed by atoms with Gasteiger partial charge in [-0.15, -0.1) is 0 Å². The largest absolute Gasteiger partial charge is 0.389 e. The van der Waals surface area contributed by atoms with Gasteiger partial charge in [-0.2, -0.15) is 11.8 Å². The molecular weight excluding hydrogens is 266 g/mol. The highest BCUT2D eigenvalue weighted by Gasteiger charge is 2.23. The Labute approximate surface area is 118 Å². The highest BCUT2D eigenvalue weighted by molar-refractivity contribution is 8.00. The fraction of sp³-hybridized carbons (Fsp3) is 0.571. The number of halogens is 1. The van der Waals surface area contributed by atoms with Crippen molar-refractivity contribution >= 4 is 29.1 Å². The van der Waals surface area contributed by atoms with Crippen LogP contribution in [-0.2, 0) is 0 Å². The van der Waals surface area contributed by atoms with Crippen LogP contribution in [-0.4, -0.2) is 28.7 Å². The van der Waals surface area contributed by atoms with Gasteiger partial charge >= 0.3 is 0 Å². The first-order valence-electron chi connectivity index (χ1n) is 6.35. The van der Waals surface area contributed by atoms with E-state index in [2.05, 4.69) is 18.7 Å². The van der Waals surface area contributed by atoms with Crippen molar-refractivity contribution in [3.63, 3.8) is 0 Å². The Morgan fingerprint density at radius 2 is 1.94 bits per heavy atom. The van der Waals surface area contributed by atoms with Gasteiger partial charge in [0.1, 0.15) is 0 Å². The van der Waals surface area contributed by atoms with Gasteiger partial charge in [0.2, 0.25) is 0 Å². The van der Waals surface area contributed by atoms with Crippen molar-refractivity contribution in [2.24, 2.45) is 0 Å². The Hall–Kier alpha value is -0.380. The molecule has 1 aromatic rings. The number of aliphatic hydroxyl groups is 1. The van der Waals surface area contributed by atoms with Crippen molar-refractivity contribution in [1.82, 2.24) is 0 Å². The second-order valence-electron chi connectivity index (χ2n) is 5.05. The molecule has 1 fully saturated rings. The second-order valence-corrected chi connectivity index (χ2v) is 7.34. The molecule has 100 valence electrons.